The third-order valence-corrected chi connectivity index (χ3v) is 2.11. The summed E-state index contributed by atoms with van der Waals surface area (Å²) in [6.07, 6.45) is -0.881. The van der Waals surface area contributed by atoms with Crippen LogP contribution in [0.3, 0.4) is 0 Å². The van der Waals surface area contributed by atoms with Gasteiger partial charge in [-0.1, -0.05) is 6.92 Å². The fourth-order valence-corrected chi connectivity index (χ4v) is 1.16. The summed E-state index contributed by atoms with van der Waals surface area (Å²) in [5.41, 5.74) is -2.13. The maximum atomic E-state index is 11.3. The molecule has 0 amide bonds. The molecule has 0 aliphatic heterocycles. The number of carbonyl (C=O) groups is 3. The van der Waals surface area contributed by atoms with Gasteiger partial charge in [0.1, 0.15) is 5.78 Å². The first kappa shape index (κ1) is 14.6. The number of Topliss-reactive ketones (excluding diaryl/α,β-unsaturated/α-hetero) is 1. The Balaban J connectivity index is 4.81. The van der Waals surface area contributed by atoms with E-state index in [1.807, 2.05) is 0 Å². The van der Waals surface area contributed by atoms with Gasteiger partial charge in [0.25, 0.3) is 0 Å². The van der Waals surface area contributed by atoms with E-state index >= 15 is 0 Å². The smallest absolute Gasteiger partial charge is 0.338 e. The Labute approximate surface area is 93.5 Å². The number of methoxy groups -OCH3 is 2. The number of esters is 2. The maximum absolute atomic E-state index is 11.3. The molecule has 0 aliphatic rings. The molecular weight excluding hydrogens is 216 g/mol. The lowest BCUT2D eigenvalue weighted by molar-refractivity contribution is -0.171. The van der Waals surface area contributed by atoms with Crippen LogP contribution >= 0.6 is 0 Å². The first-order chi connectivity index (χ1) is 7.39. The van der Waals surface area contributed by atoms with Crippen LogP contribution < -0.4 is 0 Å². The third kappa shape index (κ3) is 3.98. The van der Waals surface area contributed by atoms with Crippen molar-refractivity contribution in [1.82, 2.24) is 0 Å². The summed E-state index contributed by atoms with van der Waals surface area (Å²) < 4.78 is 8.69. The van der Waals surface area contributed by atoms with Gasteiger partial charge in [-0.2, -0.15) is 0 Å². The number of ketones is 1. The molecule has 1 atom stereocenters. The molecule has 0 bridgehead atoms. The van der Waals surface area contributed by atoms with Gasteiger partial charge in [0.15, 0.2) is 5.60 Å². The van der Waals surface area contributed by atoms with E-state index in [9.17, 15) is 19.5 Å². The average molecular weight is 232 g/mol. The second kappa shape index (κ2) is 6.22. The number of ether oxygens (including phenoxy) is 2. The largest absolute Gasteiger partial charge is 0.469 e. The minimum Gasteiger partial charge on any atom is -0.469 e. The monoisotopic (exact) mass is 232 g/mol. The summed E-state index contributed by atoms with van der Waals surface area (Å²) in [6.45, 7) is 1.60. The van der Waals surface area contributed by atoms with Gasteiger partial charge in [-0.15, -0.1) is 0 Å². The molecular formula is C10H16O6. The molecule has 0 heterocycles. The van der Waals surface area contributed by atoms with Crippen LogP contribution in [0.4, 0.5) is 0 Å². The molecule has 0 fully saturated rings. The molecule has 0 rings (SSSR count). The lowest BCUT2D eigenvalue weighted by Crippen LogP contribution is -2.43. The van der Waals surface area contributed by atoms with Crippen LogP contribution in [0.2, 0.25) is 0 Å². The van der Waals surface area contributed by atoms with E-state index in [2.05, 4.69) is 9.47 Å². The van der Waals surface area contributed by atoms with E-state index in [4.69, 9.17) is 0 Å². The fourth-order valence-electron chi connectivity index (χ4n) is 1.16. The Hall–Kier alpha value is -1.43. The van der Waals surface area contributed by atoms with Crippen molar-refractivity contribution >= 4 is 17.7 Å². The SMILES string of the molecule is CCC(=O)CC(O)(CC(=O)OC)C(=O)OC. The van der Waals surface area contributed by atoms with Gasteiger partial charge < -0.3 is 14.6 Å². The lowest BCUT2D eigenvalue weighted by Gasteiger charge is -2.22. The fraction of sp³-hybridized carbons (Fsp3) is 0.700. The zero-order valence-corrected chi connectivity index (χ0v) is 9.61. The summed E-state index contributed by atoms with van der Waals surface area (Å²) in [6, 6.07) is 0. The second-order valence-corrected chi connectivity index (χ2v) is 3.35. The highest BCUT2D eigenvalue weighted by Crippen LogP contribution is 2.19. The first-order valence-corrected chi connectivity index (χ1v) is 4.79. The molecule has 0 aromatic carbocycles. The molecule has 0 saturated carbocycles. The van der Waals surface area contributed by atoms with Crippen LogP contribution in [0.15, 0.2) is 0 Å². The van der Waals surface area contributed by atoms with Gasteiger partial charge in [0, 0.05) is 12.8 Å². The van der Waals surface area contributed by atoms with Crippen LogP contribution in [0.25, 0.3) is 0 Å². The molecule has 0 aliphatic carbocycles. The van der Waals surface area contributed by atoms with E-state index in [-0.39, 0.29) is 12.2 Å². The standard InChI is InChI=1S/C10H16O6/c1-4-7(11)5-10(14,9(13)16-3)6-8(12)15-2/h14H,4-6H2,1-3H3. The quantitative estimate of drug-likeness (QED) is 0.639. The molecule has 92 valence electrons. The normalized spacial score (nSPS) is 13.8. The Morgan fingerprint density at radius 2 is 1.69 bits per heavy atom. The molecule has 1 N–H and O–H groups in total. The van der Waals surface area contributed by atoms with Crippen molar-refractivity contribution in [3.63, 3.8) is 0 Å². The minimum absolute atomic E-state index is 0.167. The lowest BCUT2D eigenvalue weighted by atomic mass is 9.92. The van der Waals surface area contributed by atoms with Crippen molar-refractivity contribution in [2.75, 3.05) is 14.2 Å². The predicted molar refractivity (Wildman–Crippen MR) is 53.5 cm³/mol. The number of hydrogen-bond acceptors (Lipinski definition) is 6. The molecule has 0 saturated heterocycles. The summed E-state index contributed by atoms with van der Waals surface area (Å²) in [7, 11) is 2.20. The second-order valence-electron chi connectivity index (χ2n) is 3.35. The topological polar surface area (TPSA) is 89.9 Å². The highest BCUT2D eigenvalue weighted by molar-refractivity contribution is 5.91. The van der Waals surface area contributed by atoms with Crippen LogP contribution in [0.5, 0.6) is 0 Å². The van der Waals surface area contributed by atoms with E-state index < -0.39 is 30.4 Å². The summed E-state index contributed by atoms with van der Waals surface area (Å²) >= 11 is 0. The van der Waals surface area contributed by atoms with Crippen molar-refractivity contribution in [2.45, 2.75) is 31.8 Å². The van der Waals surface area contributed by atoms with E-state index in [1.54, 1.807) is 6.92 Å². The zero-order valence-electron chi connectivity index (χ0n) is 9.61. The molecule has 6 nitrogen and oxygen atoms in total. The van der Waals surface area contributed by atoms with Crippen molar-refractivity contribution in [2.24, 2.45) is 0 Å². The summed E-state index contributed by atoms with van der Waals surface area (Å²) in [4.78, 5) is 33.5. The molecule has 16 heavy (non-hydrogen) atoms. The molecule has 1 unspecified atom stereocenters. The number of hydrogen-bond donors (Lipinski definition) is 1. The molecule has 6 heteroatoms. The average Bonchev–Trinajstić information content (AvgIpc) is 2.27. The Morgan fingerprint density at radius 1 is 1.12 bits per heavy atom. The van der Waals surface area contributed by atoms with Gasteiger partial charge in [-0.05, 0) is 0 Å². The van der Waals surface area contributed by atoms with Gasteiger partial charge >= 0.3 is 11.9 Å². The van der Waals surface area contributed by atoms with Gasteiger partial charge in [0.05, 0.1) is 20.6 Å². The number of carbonyl (C=O) groups excluding carboxylic acids is 3. The molecule has 0 aromatic heterocycles. The van der Waals surface area contributed by atoms with Crippen LogP contribution in [-0.4, -0.2) is 42.6 Å². The highest BCUT2D eigenvalue weighted by atomic mass is 16.5. The summed E-state index contributed by atoms with van der Waals surface area (Å²) in [5.74, 6) is -2.13. The first-order valence-electron chi connectivity index (χ1n) is 4.79. The molecule has 0 spiro atoms. The highest BCUT2D eigenvalue weighted by Gasteiger charge is 2.41. The van der Waals surface area contributed by atoms with Crippen LogP contribution in [0, 0.1) is 0 Å². The third-order valence-electron chi connectivity index (χ3n) is 2.11. The van der Waals surface area contributed by atoms with Gasteiger partial charge in [0.2, 0.25) is 0 Å². The molecule has 0 aromatic rings. The molecule has 0 radical (unpaired) electrons. The number of aliphatic hydroxyl groups is 1. The van der Waals surface area contributed by atoms with E-state index in [0.717, 1.165) is 14.2 Å². The summed E-state index contributed by atoms with van der Waals surface area (Å²) in [5, 5.41) is 9.89. The van der Waals surface area contributed by atoms with Crippen molar-refractivity contribution in [3.8, 4) is 0 Å². The maximum Gasteiger partial charge on any atom is 0.338 e. The minimum atomic E-state index is -2.13. The Bertz CT molecular complexity index is 265. The van der Waals surface area contributed by atoms with E-state index in [0.29, 0.717) is 0 Å². The predicted octanol–water partition coefficient (Wildman–Crippen LogP) is -0.177. The van der Waals surface area contributed by atoms with Crippen molar-refractivity contribution < 1.29 is 29.0 Å². The van der Waals surface area contributed by atoms with Crippen molar-refractivity contribution in [3.05, 3.63) is 0 Å². The van der Waals surface area contributed by atoms with Gasteiger partial charge in [-0.3, -0.25) is 9.59 Å². The Morgan fingerprint density at radius 3 is 2.06 bits per heavy atom. The van der Waals surface area contributed by atoms with Crippen molar-refractivity contribution in [1.29, 1.82) is 0 Å². The Kier molecular flexibility index (Phi) is 5.66. The zero-order chi connectivity index (χ0) is 12.8. The van der Waals surface area contributed by atoms with Crippen LogP contribution in [0.1, 0.15) is 26.2 Å². The van der Waals surface area contributed by atoms with Crippen LogP contribution in [-0.2, 0) is 23.9 Å². The van der Waals surface area contributed by atoms with Gasteiger partial charge in [-0.25, -0.2) is 4.79 Å². The van der Waals surface area contributed by atoms with E-state index in [1.165, 1.54) is 0 Å². The number of rotatable bonds is 6.